The molecule has 5 nitrogen and oxygen atoms in total. The van der Waals surface area contributed by atoms with Gasteiger partial charge in [-0.25, -0.2) is 0 Å². The molecule has 0 saturated heterocycles. The predicted molar refractivity (Wildman–Crippen MR) is 69.8 cm³/mol. The van der Waals surface area contributed by atoms with Crippen molar-refractivity contribution >= 4 is 12.6 Å². The van der Waals surface area contributed by atoms with E-state index in [1.807, 2.05) is 6.07 Å². The van der Waals surface area contributed by atoms with Gasteiger partial charge in [0.25, 0.3) is 0 Å². The Morgan fingerprint density at radius 3 is 2.29 bits per heavy atom. The molecule has 92 valence electrons. The van der Waals surface area contributed by atoms with Gasteiger partial charge in [-0.15, -0.1) is 0 Å². The van der Waals surface area contributed by atoms with E-state index in [1.165, 1.54) is 12.8 Å². The molecule has 0 aliphatic rings. The van der Waals surface area contributed by atoms with Crippen LogP contribution >= 0.6 is 0 Å². The molecular formula is C11H18BN3O2. The largest absolute Gasteiger partial charge is 0.488 e. The van der Waals surface area contributed by atoms with E-state index in [4.69, 9.17) is 15.6 Å². The second kappa shape index (κ2) is 11.0. The fourth-order valence-electron chi connectivity index (χ4n) is 1.10. The molecule has 0 heterocycles. The second-order valence-electron chi connectivity index (χ2n) is 3.45. The summed E-state index contributed by atoms with van der Waals surface area (Å²) in [5, 5.41) is 20.5. The van der Waals surface area contributed by atoms with Crippen LogP contribution in [0.5, 0.6) is 0 Å². The number of hydrogen-bond donors (Lipinski definition) is 2. The fourth-order valence-corrected chi connectivity index (χ4v) is 1.10. The van der Waals surface area contributed by atoms with Crippen molar-refractivity contribution in [2.24, 2.45) is 5.11 Å². The van der Waals surface area contributed by atoms with E-state index >= 15 is 0 Å². The van der Waals surface area contributed by atoms with Gasteiger partial charge in [0, 0.05) is 11.5 Å². The summed E-state index contributed by atoms with van der Waals surface area (Å²) in [6, 6.07) is 8.66. The summed E-state index contributed by atoms with van der Waals surface area (Å²) in [5.41, 5.74) is 8.35. The van der Waals surface area contributed by atoms with Crippen LogP contribution in [0.25, 0.3) is 10.4 Å². The zero-order valence-corrected chi connectivity index (χ0v) is 10.0. The Labute approximate surface area is 102 Å². The molecule has 0 unspecified atom stereocenters. The first-order valence-corrected chi connectivity index (χ1v) is 5.64. The molecule has 17 heavy (non-hydrogen) atoms. The molecule has 2 N–H and O–H groups in total. The number of azide groups is 1. The van der Waals surface area contributed by atoms with Crippen molar-refractivity contribution in [1.82, 2.24) is 0 Å². The molecule has 0 saturated carbocycles. The number of nitrogens with zero attached hydrogens (tertiary/aromatic N) is 3. The summed E-state index contributed by atoms with van der Waals surface area (Å²) in [6.45, 7) is 2.78. The van der Waals surface area contributed by atoms with E-state index in [-0.39, 0.29) is 0 Å². The van der Waals surface area contributed by atoms with Crippen LogP contribution in [0.2, 0.25) is 0 Å². The monoisotopic (exact) mass is 235 g/mol. The van der Waals surface area contributed by atoms with E-state index in [0.717, 1.165) is 6.42 Å². The maximum atomic E-state index is 8.58. The highest BCUT2D eigenvalue weighted by atomic mass is 16.4. The minimum Gasteiger partial charge on any atom is -0.423 e. The maximum absolute atomic E-state index is 8.58. The Morgan fingerprint density at radius 1 is 1.24 bits per heavy atom. The third kappa shape index (κ3) is 9.44. The lowest BCUT2D eigenvalue weighted by Gasteiger charge is -1.94. The first kappa shape index (κ1) is 15.5. The van der Waals surface area contributed by atoms with E-state index < -0.39 is 7.12 Å². The van der Waals surface area contributed by atoms with Crippen molar-refractivity contribution in [3.8, 4) is 0 Å². The van der Waals surface area contributed by atoms with Gasteiger partial charge >= 0.3 is 7.12 Å². The van der Waals surface area contributed by atoms with Crippen molar-refractivity contribution in [3.63, 3.8) is 0 Å². The lowest BCUT2D eigenvalue weighted by atomic mass is 9.81. The summed E-state index contributed by atoms with van der Waals surface area (Å²) in [5.74, 6) is 0. The number of hydrogen-bond acceptors (Lipinski definition) is 3. The molecule has 0 atom stereocenters. The van der Waals surface area contributed by atoms with Crippen LogP contribution in [0.4, 0.5) is 0 Å². The number of rotatable bonds is 5. The number of unbranched alkanes of at least 4 members (excludes halogenated alkanes) is 2. The van der Waals surface area contributed by atoms with Crippen LogP contribution in [-0.2, 0) is 0 Å². The molecule has 0 amide bonds. The van der Waals surface area contributed by atoms with E-state index in [0.29, 0.717) is 12.0 Å². The average molecular weight is 235 g/mol. The quantitative estimate of drug-likeness (QED) is 0.268. The number of benzene rings is 1. The minimum atomic E-state index is -1.34. The van der Waals surface area contributed by atoms with Crippen LogP contribution in [0.3, 0.4) is 0 Å². The zero-order chi connectivity index (χ0) is 12.9. The van der Waals surface area contributed by atoms with E-state index in [1.54, 1.807) is 24.3 Å². The van der Waals surface area contributed by atoms with Gasteiger partial charge in [0.05, 0.1) is 0 Å². The standard InChI is InChI=1S/C6H7BO2.C5H11N3/c8-7(9)6-4-2-1-3-5-6;1-2-3-4-5-7-8-6/h1-5,8-9H;2-5H2,1H3. The van der Waals surface area contributed by atoms with Gasteiger partial charge in [-0.1, -0.05) is 55.2 Å². The Hall–Kier alpha value is -1.49. The lowest BCUT2D eigenvalue weighted by molar-refractivity contribution is 0.426. The highest BCUT2D eigenvalue weighted by Gasteiger charge is 2.07. The van der Waals surface area contributed by atoms with Crippen LogP contribution in [-0.4, -0.2) is 23.7 Å². The summed E-state index contributed by atoms with van der Waals surface area (Å²) >= 11 is 0. The van der Waals surface area contributed by atoms with Gasteiger partial charge < -0.3 is 10.0 Å². The summed E-state index contributed by atoms with van der Waals surface area (Å²) < 4.78 is 0. The molecule has 0 aliphatic carbocycles. The van der Waals surface area contributed by atoms with Gasteiger partial charge in [-0.3, -0.25) is 0 Å². The smallest absolute Gasteiger partial charge is 0.423 e. The van der Waals surface area contributed by atoms with Gasteiger partial charge in [0.2, 0.25) is 0 Å². The second-order valence-corrected chi connectivity index (χ2v) is 3.45. The molecule has 0 bridgehead atoms. The molecule has 1 aromatic rings. The predicted octanol–water partition coefficient (Wildman–Crippen LogP) is 1.85. The Morgan fingerprint density at radius 2 is 1.88 bits per heavy atom. The average Bonchev–Trinajstić information content (AvgIpc) is 2.37. The van der Waals surface area contributed by atoms with Crippen LogP contribution in [0, 0.1) is 0 Å². The molecular weight excluding hydrogens is 217 g/mol. The fraction of sp³-hybridized carbons (Fsp3) is 0.455. The first-order valence-electron chi connectivity index (χ1n) is 5.64. The molecule has 6 heteroatoms. The molecule has 0 spiro atoms. The Kier molecular flexibility index (Phi) is 10.1. The van der Waals surface area contributed by atoms with Crippen LogP contribution in [0.15, 0.2) is 35.4 Å². The van der Waals surface area contributed by atoms with E-state index in [9.17, 15) is 0 Å². The Balaban J connectivity index is 0.000000304. The molecule has 0 radical (unpaired) electrons. The maximum Gasteiger partial charge on any atom is 0.488 e. The van der Waals surface area contributed by atoms with Crippen molar-refractivity contribution in [1.29, 1.82) is 0 Å². The third-order valence-electron chi connectivity index (χ3n) is 2.02. The first-order chi connectivity index (χ1) is 8.22. The minimum absolute atomic E-state index is 0.525. The Bertz CT molecular complexity index is 327. The lowest BCUT2D eigenvalue weighted by Crippen LogP contribution is -2.29. The highest BCUT2D eigenvalue weighted by molar-refractivity contribution is 6.58. The van der Waals surface area contributed by atoms with Gasteiger partial charge in [0.15, 0.2) is 0 Å². The summed E-state index contributed by atoms with van der Waals surface area (Å²) in [6.07, 6.45) is 3.38. The molecule has 1 aromatic carbocycles. The third-order valence-corrected chi connectivity index (χ3v) is 2.02. The van der Waals surface area contributed by atoms with Gasteiger partial charge in [-0.2, -0.15) is 0 Å². The molecule has 0 aliphatic heterocycles. The SMILES string of the molecule is CCCCCN=[N+]=[N-].OB(O)c1ccccc1. The van der Waals surface area contributed by atoms with Crippen molar-refractivity contribution in [2.45, 2.75) is 26.2 Å². The van der Waals surface area contributed by atoms with Gasteiger partial charge in [0.1, 0.15) is 0 Å². The normalized spacial score (nSPS) is 8.65. The van der Waals surface area contributed by atoms with Crippen LogP contribution < -0.4 is 5.46 Å². The van der Waals surface area contributed by atoms with E-state index in [2.05, 4.69) is 16.9 Å². The van der Waals surface area contributed by atoms with Crippen molar-refractivity contribution in [3.05, 3.63) is 40.8 Å². The van der Waals surface area contributed by atoms with Crippen molar-refractivity contribution in [2.75, 3.05) is 6.54 Å². The molecule has 1 rings (SSSR count). The summed E-state index contributed by atoms with van der Waals surface area (Å²) in [7, 11) is -1.34. The highest BCUT2D eigenvalue weighted by Crippen LogP contribution is 1.92. The topological polar surface area (TPSA) is 89.2 Å². The van der Waals surface area contributed by atoms with Crippen LogP contribution in [0.1, 0.15) is 26.2 Å². The van der Waals surface area contributed by atoms with Crippen molar-refractivity contribution < 1.29 is 10.0 Å². The van der Waals surface area contributed by atoms with Gasteiger partial charge in [-0.05, 0) is 17.4 Å². The molecule has 0 aromatic heterocycles. The molecule has 0 fully saturated rings. The summed E-state index contributed by atoms with van der Waals surface area (Å²) in [4.78, 5) is 2.63. The zero-order valence-electron chi connectivity index (χ0n) is 10.0.